The van der Waals surface area contributed by atoms with Crippen molar-refractivity contribution < 1.29 is 37.3 Å². The number of pyridine rings is 1. The summed E-state index contributed by atoms with van der Waals surface area (Å²) < 4.78 is 58.7. The molecule has 2 N–H and O–H groups in total. The molecule has 4 saturated carbocycles. The lowest BCUT2D eigenvalue weighted by atomic mass is 9.58. The first-order valence-corrected chi connectivity index (χ1v) is 19.1. The van der Waals surface area contributed by atoms with Crippen LogP contribution in [0.25, 0.3) is 22.2 Å². The summed E-state index contributed by atoms with van der Waals surface area (Å²) in [5.41, 5.74) is -2.29. The summed E-state index contributed by atoms with van der Waals surface area (Å²) >= 11 is 0. The number of carbonyl (C=O) groups is 2. The van der Waals surface area contributed by atoms with Crippen LogP contribution in [-0.2, 0) is 15.7 Å². The van der Waals surface area contributed by atoms with Crippen LogP contribution < -0.4 is 15.0 Å². The third-order valence-electron chi connectivity index (χ3n) is 12.8. The standard InChI is InChI=1S/C40H43F3N6O5/c41-40(42,43)35-31(36(50)47-39(37(51)52)25-3-2-23-16-24(18-25)19-26(39)17-23)6-7-33(46-35)32-21-49(27-10-15-53-22-27)34-20-29(4-5-30(32)34)54-28-8-13-48(14-9-28)38-44-11-1-12-45-38/h1,4-7,11-12,20-21,23-28H,2-3,8-10,13-19,22H2,(H,47,50)(H,51,52). The number of aromatic nitrogens is 4. The molecule has 6 aliphatic rings. The second kappa shape index (κ2) is 13.5. The molecule has 6 fully saturated rings. The fraction of sp³-hybridized carbons (Fsp3) is 0.525. The molecule has 1 amide bonds. The zero-order valence-corrected chi connectivity index (χ0v) is 29.8. The van der Waals surface area contributed by atoms with Crippen molar-refractivity contribution in [2.75, 3.05) is 31.2 Å². The van der Waals surface area contributed by atoms with Crippen LogP contribution in [-0.4, -0.2) is 74.4 Å². The predicted molar refractivity (Wildman–Crippen MR) is 192 cm³/mol. The SMILES string of the molecule is O=C(NC1(C(=O)O)C2CCC3CC(C2)CC1C3)c1ccc(-c2cn(C3CCOC3)c3cc(OC4CCN(c5ncccn5)CC4)ccc23)nc1C(F)(F)F. The molecule has 14 heteroatoms. The van der Waals surface area contributed by atoms with Gasteiger partial charge in [0.2, 0.25) is 5.95 Å². The van der Waals surface area contributed by atoms with E-state index in [2.05, 4.69) is 25.2 Å². The molecule has 10 rings (SSSR count). The van der Waals surface area contributed by atoms with E-state index in [-0.39, 0.29) is 29.7 Å². The van der Waals surface area contributed by atoms with Gasteiger partial charge in [-0.1, -0.05) is 6.42 Å². The monoisotopic (exact) mass is 744 g/mol. The predicted octanol–water partition coefficient (Wildman–Crippen LogP) is 6.92. The van der Waals surface area contributed by atoms with E-state index in [9.17, 15) is 27.9 Å². The molecule has 11 nitrogen and oxygen atoms in total. The van der Waals surface area contributed by atoms with Gasteiger partial charge in [0.15, 0.2) is 5.69 Å². The summed E-state index contributed by atoms with van der Waals surface area (Å²) in [5.74, 6) is -0.723. The maximum atomic E-state index is 14.8. The van der Waals surface area contributed by atoms with Crippen molar-refractivity contribution in [3.05, 3.63) is 66.2 Å². The Balaban J connectivity index is 1.02. The largest absolute Gasteiger partial charge is 0.490 e. The van der Waals surface area contributed by atoms with Crippen LogP contribution in [0, 0.1) is 23.7 Å². The van der Waals surface area contributed by atoms with Crippen molar-refractivity contribution in [2.24, 2.45) is 23.7 Å². The van der Waals surface area contributed by atoms with E-state index >= 15 is 0 Å². The number of halogens is 3. The van der Waals surface area contributed by atoms with Gasteiger partial charge in [0.05, 0.1) is 29.4 Å². The number of rotatable bonds is 8. The van der Waals surface area contributed by atoms with Crippen LogP contribution in [0.15, 0.2) is 55.0 Å². The molecule has 5 heterocycles. The van der Waals surface area contributed by atoms with Gasteiger partial charge >= 0.3 is 12.1 Å². The summed E-state index contributed by atoms with van der Waals surface area (Å²) in [6.45, 7) is 2.53. The molecule has 4 aliphatic carbocycles. The minimum absolute atomic E-state index is 0.0293. The summed E-state index contributed by atoms with van der Waals surface area (Å²) in [6, 6.07) is 9.94. The van der Waals surface area contributed by atoms with Gasteiger partial charge in [-0.05, 0) is 92.5 Å². The second-order valence-corrected chi connectivity index (χ2v) is 15.9. The number of anilines is 1. The smallest absolute Gasteiger partial charge is 0.434 e. The highest BCUT2D eigenvalue weighted by Gasteiger charge is 2.60. The topological polar surface area (TPSA) is 132 Å². The first kappa shape index (κ1) is 35.0. The number of piperidine rings is 1. The Labute approximate surface area is 310 Å². The van der Waals surface area contributed by atoms with Gasteiger partial charge in [-0.15, -0.1) is 0 Å². The minimum Gasteiger partial charge on any atom is -0.490 e. The quantitative estimate of drug-likeness (QED) is 0.197. The molecule has 54 heavy (non-hydrogen) atoms. The minimum atomic E-state index is -4.97. The summed E-state index contributed by atoms with van der Waals surface area (Å²) in [4.78, 5) is 41.9. The molecule has 2 saturated heterocycles. The number of benzene rings is 1. The number of amides is 1. The molecule has 1 aromatic carbocycles. The molecule has 6 atom stereocenters. The number of carboxylic acids is 1. The van der Waals surface area contributed by atoms with E-state index in [4.69, 9.17) is 9.47 Å². The van der Waals surface area contributed by atoms with Crippen molar-refractivity contribution in [1.29, 1.82) is 0 Å². The Morgan fingerprint density at radius 2 is 1.72 bits per heavy atom. The van der Waals surface area contributed by atoms with E-state index in [0.717, 1.165) is 56.8 Å². The van der Waals surface area contributed by atoms with E-state index < -0.39 is 34.8 Å². The zero-order valence-electron chi connectivity index (χ0n) is 29.8. The summed E-state index contributed by atoms with van der Waals surface area (Å²) in [5, 5.41) is 14.0. The number of fused-ring (bicyclic) bond motifs is 2. The molecule has 2 aliphatic heterocycles. The van der Waals surface area contributed by atoms with Gasteiger partial charge in [0, 0.05) is 68.1 Å². The van der Waals surface area contributed by atoms with Gasteiger partial charge in [-0.2, -0.15) is 13.2 Å². The van der Waals surface area contributed by atoms with E-state index in [1.807, 2.05) is 29.0 Å². The molecular formula is C40H43F3N6O5. The van der Waals surface area contributed by atoms with Gasteiger partial charge in [0.1, 0.15) is 17.4 Å². The molecule has 0 spiro atoms. The summed E-state index contributed by atoms with van der Waals surface area (Å²) in [6.07, 6.45) is 7.12. The molecule has 6 unspecified atom stereocenters. The number of aliphatic carboxylic acids is 1. The van der Waals surface area contributed by atoms with Crippen molar-refractivity contribution in [2.45, 2.75) is 81.6 Å². The normalized spacial score (nSPS) is 28.4. The Kier molecular flexibility index (Phi) is 8.78. The van der Waals surface area contributed by atoms with Gasteiger partial charge in [-0.3, -0.25) is 4.79 Å². The van der Waals surface area contributed by atoms with Crippen LogP contribution >= 0.6 is 0 Å². The molecule has 3 aromatic heterocycles. The lowest BCUT2D eigenvalue weighted by molar-refractivity contribution is -0.154. The van der Waals surface area contributed by atoms with Crippen molar-refractivity contribution in [3.63, 3.8) is 0 Å². The maximum absolute atomic E-state index is 14.8. The Morgan fingerprint density at radius 3 is 2.46 bits per heavy atom. The highest BCUT2D eigenvalue weighted by molar-refractivity contribution is 6.00. The fourth-order valence-corrected chi connectivity index (χ4v) is 10.3. The first-order valence-electron chi connectivity index (χ1n) is 19.1. The van der Waals surface area contributed by atoms with E-state index in [1.165, 1.54) is 6.07 Å². The Hall–Kier alpha value is -4.72. The third-order valence-corrected chi connectivity index (χ3v) is 12.8. The van der Waals surface area contributed by atoms with Crippen LogP contribution in [0.4, 0.5) is 19.1 Å². The van der Waals surface area contributed by atoms with Crippen LogP contribution in [0.3, 0.4) is 0 Å². The fourth-order valence-electron chi connectivity index (χ4n) is 10.3. The maximum Gasteiger partial charge on any atom is 0.434 e. The van der Waals surface area contributed by atoms with Crippen LogP contribution in [0.2, 0.25) is 0 Å². The van der Waals surface area contributed by atoms with Crippen molar-refractivity contribution >= 4 is 28.7 Å². The Morgan fingerprint density at radius 1 is 0.944 bits per heavy atom. The number of nitrogens with zero attached hydrogens (tertiary/aromatic N) is 5. The number of ether oxygens (including phenoxy) is 2. The van der Waals surface area contributed by atoms with E-state index in [0.29, 0.717) is 73.4 Å². The van der Waals surface area contributed by atoms with Gasteiger partial charge in [0.25, 0.3) is 5.91 Å². The van der Waals surface area contributed by atoms with Gasteiger partial charge < -0.3 is 29.4 Å². The molecule has 4 aromatic rings. The average Bonchev–Trinajstić information content (AvgIpc) is 3.78. The number of hydrogen-bond acceptors (Lipinski definition) is 8. The average molecular weight is 745 g/mol. The Bertz CT molecular complexity index is 2050. The van der Waals surface area contributed by atoms with Crippen LogP contribution in [0.1, 0.15) is 79.9 Å². The molecule has 284 valence electrons. The number of hydrogen-bond donors (Lipinski definition) is 2. The highest BCUT2D eigenvalue weighted by atomic mass is 19.4. The lowest BCUT2D eigenvalue weighted by Crippen LogP contribution is -2.66. The second-order valence-electron chi connectivity index (χ2n) is 15.9. The molecule has 0 radical (unpaired) electrons. The molecular weight excluding hydrogens is 701 g/mol. The number of carbonyl (C=O) groups excluding carboxylic acids is 1. The first-order chi connectivity index (χ1) is 26.1. The van der Waals surface area contributed by atoms with Crippen LogP contribution in [0.5, 0.6) is 5.75 Å². The van der Waals surface area contributed by atoms with E-state index in [1.54, 1.807) is 18.5 Å². The highest BCUT2D eigenvalue weighted by Crippen LogP contribution is 2.56. The lowest BCUT2D eigenvalue weighted by Gasteiger charge is -2.50. The van der Waals surface area contributed by atoms with Crippen molar-refractivity contribution in [1.82, 2.24) is 24.8 Å². The summed E-state index contributed by atoms with van der Waals surface area (Å²) in [7, 11) is 0. The van der Waals surface area contributed by atoms with Crippen molar-refractivity contribution in [3.8, 4) is 17.0 Å². The third kappa shape index (κ3) is 6.15. The van der Waals surface area contributed by atoms with Gasteiger partial charge in [-0.25, -0.2) is 19.7 Å². The molecule has 4 bridgehead atoms. The number of nitrogens with one attached hydrogen (secondary N) is 1. The zero-order chi connectivity index (χ0) is 37.2. The number of carboxylic acid groups (broad SMARTS) is 1. The number of alkyl halides is 3.